The molecule has 21 saturated carbocycles. The van der Waals surface area contributed by atoms with E-state index in [2.05, 4.69) is 97.8 Å². The molecule has 0 spiro atoms. The van der Waals surface area contributed by atoms with Crippen molar-refractivity contribution < 1.29 is 0 Å². The summed E-state index contributed by atoms with van der Waals surface area (Å²) in [6.45, 7) is 34.0. The maximum atomic E-state index is 4.11. The second-order valence-electron chi connectivity index (χ2n) is 60.7. The average Bonchev–Trinajstić information content (AvgIpc) is 0.684. The van der Waals surface area contributed by atoms with Gasteiger partial charge in [-0.1, -0.05) is 301 Å². The summed E-state index contributed by atoms with van der Waals surface area (Å²) in [6, 6.07) is 7.36. The molecule has 734 valence electrons. The van der Waals surface area contributed by atoms with Gasteiger partial charge in [0.05, 0.1) is 0 Å². The molecule has 0 amide bonds. The molecule has 4 heteroatoms. The van der Waals surface area contributed by atoms with Crippen LogP contribution in [0.25, 0.3) is 0 Å². The molecule has 0 aromatic carbocycles. The van der Waals surface area contributed by atoms with Gasteiger partial charge < -0.3 is 0 Å². The highest BCUT2D eigenvalue weighted by Gasteiger charge is 2.72. The van der Waals surface area contributed by atoms with Gasteiger partial charge in [0.25, 0.3) is 0 Å². The van der Waals surface area contributed by atoms with Crippen LogP contribution in [-0.4, -0.2) is 75.8 Å². The summed E-state index contributed by atoms with van der Waals surface area (Å²) in [4.78, 5) is 12.0. The molecule has 0 radical (unpaired) electrons. The Morgan fingerprint density at radius 1 is 0.185 bits per heavy atom. The van der Waals surface area contributed by atoms with Gasteiger partial charge in [0.15, 0.2) is 6.71 Å². The van der Waals surface area contributed by atoms with E-state index in [-0.39, 0.29) is 0 Å². The fraction of sp³-hybridized carbons (Fsp3) is 1.00. The van der Waals surface area contributed by atoms with Crippen LogP contribution in [-0.2, 0) is 0 Å². The van der Waals surface area contributed by atoms with Crippen molar-refractivity contribution >= 4 is 6.71 Å². The zero-order chi connectivity index (χ0) is 88.4. The Labute approximate surface area is 805 Å². The van der Waals surface area contributed by atoms with Crippen molar-refractivity contribution in [2.75, 3.05) is 0 Å². The normalized spacial score (nSPS) is 49.3. The number of hydrogen-bond acceptors (Lipinski definition) is 3. The smallest absolute Gasteiger partial charge is 0.156 e. The second kappa shape index (κ2) is 38.6. The van der Waals surface area contributed by atoms with Gasteiger partial charge in [-0.25, -0.2) is 0 Å². The van der Waals surface area contributed by atoms with E-state index in [0.29, 0.717) is 21.7 Å². The number of rotatable bonds is 13. The highest BCUT2D eigenvalue weighted by atomic mass is 15.3. The van der Waals surface area contributed by atoms with Gasteiger partial charge in [0.1, 0.15) is 0 Å². The van der Waals surface area contributed by atoms with Crippen LogP contribution in [0.15, 0.2) is 0 Å². The summed E-state index contributed by atoms with van der Waals surface area (Å²) >= 11 is 0. The quantitative estimate of drug-likeness (QED) is 0.170. The van der Waals surface area contributed by atoms with Crippen molar-refractivity contribution in [1.82, 2.24) is 14.7 Å². The molecule has 2 saturated heterocycles. The van der Waals surface area contributed by atoms with Crippen LogP contribution in [0, 0.1) is 211 Å². The first-order valence-corrected chi connectivity index (χ1v) is 62.3. The predicted octanol–water partition coefficient (Wildman–Crippen LogP) is 34.8. The zero-order valence-electron chi connectivity index (χ0n) is 88.0. The summed E-state index contributed by atoms with van der Waals surface area (Å²) < 4.78 is 0. The lowest BCUT2D eigenvalue weighted by Gasteiger charge is -2.73. The van der Waals surface area contributed by atoms with E-state index in [0.717, 1.165) is 268 Å². The van der Waals surface area contributed by atoms with E-state index >= 15 is 0 Å². The fourth-order valence-electron chi connectivity index (χ4n) is 46.1. The average molecular weight is 1780 g/mol. The molecule has 23 rings (SSSR count). The van der Waals surface area contributed by atoms with Crippen LogP contribution < -0.4 is 0 Å². The van der Waals surface area contributed by atoms with Crippen LogP contribution in [0.1, 0.15) is 507 Å². The van der Waals surface area contributed by atoms with Crippen LogP contribution >= 0.6 is 0 Å². The molecule has 0 aromatic rings. The predicted molar refractivity (Wildman–Crippen MR) is 551 cm³/mol. The first-order chi connectivity index (χ1) is 63.0. The van der Waals surface area contributed by atoms with Crippen LogP contribution in [0.2, 0.25) is 17.5 Å². The Hall–Kier alpha value is -0.0551. The topological polar surface area (TPSA) is 9.72 Å². The molecule has 0 N–H and O–H groups in total. The van der Waals surface area contributed by atoms with Crippen LogP contribution in [0.3, 0.4) is 0 Å². The number of fused-ring (bicyclic) bond motifs is 4. The maximum absolute atomic E-state index is 4.11. The van der Waals surface area contributed by atoms with E-state index in [9.17, 15) is 0 Å². The Morgan fingerprint density at radius 2 is 0.454 bits per heavy atom. The third-order valence-corrected chi connectivity index (χ3v) is 51.6. The van der Waals surface area contributed by atoms with Gasteiger partial charge in [-0.05, 0) is 434 Å². The monoisotopic (exact) mass is 1780 g/mol. The molecule has 21 aliphatic carbocycles. The minimum Gasteiger partial charge on any atom is -0.295 e. The van der Waals surface area contributed by atoms with Crippen molar-refractivity contribution in [3.63, 3.8) is 0 Å². The Kier molecular flexibility index (Phi) is 27.8. The minimum absolute atomic E-state index is 0.416. The lowest BCUT2D eigenvalue weighted by molar-refractivity contribution is -0.160. The first kappa shape index (κ1) is 93.6. The molecule has 23 aliphatic rings. The highest BCUT2D eigenvalue weighted by Crippen LogP contribution is 2.74. The summed E-state index contributed by atoms with van der Waals surface area (Å²) in [5.41, 5.74) is 1.70. The number of hydrogen-bond donors (Lipinski definition) is 0. The molecular formula is C126H212BN3. The molecule has 23 fully saturated rings. The molecule has 2 aliphatic heterocycles. The van der Waals surface area contributed by atoms with Gasteiger partial charge >= 0.3 is 0 Å². The Bertz CT molecular complexity index is 3340. The largest absolute Gasteiger partial charge is 0.295 e. The van der Waals surface area contributed by atoms with Crippen molar-refractivity contribution in [3.8, 4) is 0 Å². The van der Waals surface area contributed by atoms with Gasteiger partial charge in [0, 0.05) is 54.4 Å². The molecular weight excluding hydrogens is 1570 g/mol. The van der Waals surface area contributed by atoms with E-state index in [1.165, 1.54) is 38.5 Å². The van der Waals surface area contributed by atoms with Crippen LogP contribution in [0.4, 0.5) is 0 Å². The van der Waals surface area contributed by atoms with Gasteiger partial charge in [-0.15, -0.1) is 0 Å². The van der Waals surface area contributed by atoms with Crippen LogP contribution in [0.5, 0.6) is 0 Å². The van der Waals surface area contributed by atoms with E-state index in [4.69, 9.17) is 0 Å². The lowest BCUT2D eigenvalue weighted by Crippen LogP contribution is -2.78. The summed E-state index contributed by atoms with van der Waals surface area (Å²) in [7, 11) is 0. The van der Waals surface area contributed by atoms with Gasteiger partial charge in [-0.3, -0.25) is 14.7 Å². The van der Waals surface area contributed by atoms with Gasteiger partial charge in [-0.2, -0.15) is 0 Å². The Morgan fingerprint density at radius 3 is 0.769 bits per heavy atom. The van der Waals surface area contributed by atoms with Crippen molar-refractivity contribution in [2.24, 2.45) is 211 Å². The lowest BCUT2D eigenvalue weighted by atomic mass is 9.17. The third-order valence-electron chi connectivity index (χ3n) is 51.6. The van der Waals surface area contributed by atoms with Crippen molar-refractivity contribution in [2.45, 2.75) is 579 Å². The van der Waals surface area contributed by atoms with E-state index in [1.807, 2.05) is 0 Å². The molecule has 0 aromatic heterocycles. The molecule has 30 atom stereocenters. The first-order valence-electron chi connectivity index (χ1n) is 62.3. The van der Waals surface area contributed by atoms with Crippen molar-refractivity contribution in [1.29, 1.82) is 0 Å². The van der Waals surface area contributed by atoms with E-state index < -0.39 is 0 Å². The van der Waals surface area contributed by atoms with E-state index in [1.54, 1.807) is 385 Å². The number of nitrogens with zero attached hydrogens (tertiary/aromatic N) is 3. The molecule has 30 unspecified atom stereocenters. The second-order valence-corrected chi connectivity index (χ2v) is 60.7. The molecule has 2 heterocycles. The SMILES string of the molecule is CC(C)(C)C1CC2CCC3CC(C(C)(C)C)CC4C(C5CCC6C(C5)B5C7CC(C8CC9CC(C(C)(C)C)CC%10CCC%11CC(C(C)(C)C)CC8C%11C%109)CCC7N(C7C(C8CCCCC8)CCCC7C7CCCCC7)C7CC(N(C8CCC(C9CCCCC9)CC8)C8CCC(C9CCCCC9)CC8)CC(C57)N6C5C(C6CCCCC6)CCCC5C5CCCCC5)CC(C1)C2C34. The summed E-state index contributed by atoms with van der Waals surface area (Å²) in [5, 5.41) is 0. The molecule has 0 bridgehead atoms. The third kappa shape index (κ3) is 17.8. The molecule has 3 nitrogen and oxygen atoms in total. The minimum atomic E-state index is 0.416. The summed E-state index contributed by atoms with van der Waals surface area (Å²) in [5.74, 6) is 34.3. The zero-order valence-corrected chi connectivity index (χ0v) is 88.0. The van der Waals surface area contributed by atoms with Crippen molar-refractivity contribution in [3.05, 3.63) is 0 Å². The molecule has 130 heavy (non-hydrogen) atoms. The standard InChI is InChI=1S/C126H212BN3/c1-123(2,3)95-65-89-49-51-91-67-97(125(7,8)9)75-108-106(71-93(69-95)116(89)118(91)108)87-57-63-112-110(73-87)127-111-74-88(107-72-94-70-96(124(4,5)6)66-90-50-52-92-68-98(126(10,11)12)76-109(107)119(92)117(90)94)58-64-113(111)130(122-104(85-41-27-17-28-42-85)47-32-48-105(122)86-43-29-18-30-44-86)115-78-101(77-114(120(115)127)129(112)121-102(83-37-23-15-24-38-83)45-31-46-103(121)84-39-25-16-26-40-84)128(99-59-53-81(54-60-99)79-33-19-13-20-34-79)100-61-55-82(56-62-100)80-35-21-14-22-36-80/h79-122H,13-78H2,1-12H3. The summed E-state index contributed by atoms with van der Waals surface area (Å²) in [6.07, 6.45) is 105. The Balaban J connectivity index is 0.722. The van der Waals surface area contributed by atoms with Gasteiger partial charge in [0.2, 0.25) is 0 Å². The fourth-order valence-corrected chi connectivity index (χ4v) is 46.1. The maximum Gasteiger partial charge on any atom is 0.156 e. The highest BCUT2D eigenvalue weighted by molar-refractivity contribution is 6.65.